The Hall–Kier alpha value is -2.35. The van der Waals surface area contributed by atoms with Crippen molar-refractivity contribution in [2.24, 2.45) is 0 Å². The predicted molar refractivity (Wildman–Crippen MR) is 142 cm³/mol. The summed E-state index contributed by atoms with van der Waals surface area (Å²) in [7, 11) is 1.41. The molecule has 0 spiro atoms. The fourth-order valence-corrected chi connectivity index (χ4v) is 5.24. The smallest absolute Gasteiger partial charge is 0.198 e. The molecule has 4 nitrogen and oxygen atoms in total. The summed E-state index contributed by atoms with van der Waals surface area (Å²) in [5.41, 5.74) is 0.913. The second kappa shape index (κ2) is 10.9. The Kier molecular flexibility index (Phi) is 8.44. The van der Waals surface area contributed by atoms with Crippen molar-refractivity contribution in [2.45, 2.75) is 51.9 Å². The molecule has 0 aliphatic heterocycles. The standard InChI is InChI=1S/C27H35FO4SSi/c1-27(2,3)34(6,7)32-15-9-8-10-21-16-22-24(33-21)17-23(30-5)26(25(22)28)31-18-19-11-13-20(29-4)14-12-19/h8,10-14,16-17H,9,15,18H2,1-7H3. The van der Waals surface area contributed by atoms with Crippen LogP contribution in [0.3, 0.4) is 0 Å². The Morgan fingerprint density at radius 1 is 1.03 bits per heavy atom. The molecule has 0 amide bonds. The van der Waals surface area contributed by atoms with Crippen molar-refractivity contribution in [3.8, 4) is 17.2 Å². The van der Waals surface area contributed by atoms with E-state index in [0.717, 1.165) is 27.3 Å². The molecule has 7 heteroatoms. The van der Waals surface area contributed by atoms with Crippen LogP contribution in [0.4, 0.5) is 4.39 Å². The van der Waals surface area contributed by atoms with Gasteiger partial charge < -0.3 is 18.6 Å². The summed E-state index contributed by atoms with van der Waals surface area (Å²) >= 11 is 1.53. The van der Waals surface area contributed by atoms with E-state index in [1.165, 1.54) is 18.4 Å². The fraction of sp³-hybridized carbons (Fsp3) is 0.407. The average molecular weight is 503 g/mol. The van der Waals surface area contributed by atoms with E-state index in [2.05, 4.69) is 39.9 Å². The average Bonchev–Trinajstić information content (AvgIpc) is 3.20. The molecule has 0 unspecified atom stereocenters. The first-order valence-electron chi connectivity index (χ1n) is 11.4. The second-order valence-corrected chi connectivity index (χ2v) is 15.6. The zero-order chi connectivity index (χ0) is 24.9. The molecule has 0 atom stereocenters. The molecule has 184 valence electrons. The molecular weight excluding hydrogens is 467 g/mol. The highest BCUT2D eigenvalue weighted by Crippen LogP contribution is 2.41. The minimum Gasteiger partial charge on any atom is -0.497 e. The molecule has 0 saturated carbocycles. The molecule has 34 heavy (non-hydrogen) atoms. The number of halogens is 1. The Morgan fingerprint density at radius 2 is 1.74 bits per heavy atom. The van der Waals surface area contributed by atoms with Gasteiger partial charge in [-0.1, -0.05) is 39.0 Å². The fourth-order valence-electron chi connectivity index (χ4n) is 3.16. The minimum absolute atomic E-state index is 0.127. The molecule has 0 bridgehead atoms. The number of methoxy groups -OCH3 is 2. The maximum absolute atomic E-state index is 15.4. The lowest BCUT2D eigenvalue weighted by Crippen LogP contribution is -2.40. The third kappa shape index (κ3) is 6.20. The topological polar surface area (TPSA) is 36.9 Å². The summed E-state index contributed by atoms with van der Waals surface area (Å²) in [5.74, 6) is 0.875. The number of thiophene rings is 1. The van der Waals surface area contributed by atoms with Crippen LogP contribution in [0.15, 0.2) is 42.5 Å². The van der Waals surface area contributed by atoms with E-state index >= 15 is 4.39 Å². The van der Waals surface area contributed by atoms with Gasteiger partial charge in [0.05, 0.1) is 14.2 Å². The lowest BCUT2D eigenvalue weighted by atomic mass is 10.2. The van der Waals surface area contributed by atoms with Crippen LogP contribution >= 0.6 is 11.3 Å². The maximum atomic E-state index is 15.4. The van der Waals surface area contributed by atoms with Gasteiger partial charge >= 0.3 is 0 Å². The van der Waals surface area contributed by atoms with E-state index in [1.807, 2.05) is 42.5 Å². The molecule has 0 aliphatic carbocycles. The number of hydrogen-bond donors (Lipinski definition) is 0. The monoisotopic (exact) mass is 502 g/mol. The van der Waals surface area contributed by atoms with Gasteiger partial charge in [0, 0.05) is 27.6 Å². The zero-order valence-corrected chi connectivity index (χ0v) is 23.0. The number of benzene rings is 2. The highest BCUT2D eigenvalue weighted by molar-refractivity contribution is 7.19. The van der Waals surface area contributed by atoms with Gasteiger partial charge in [0.15, 0.2) is 25.6 Å². The highest BCUT2D eigenvalue weighted by Gasteiger charge is 2.36. The van der Waals surface area contributed by atoms with Crippen LogP contribution in [0.5, 0.6) is 17.2 Å². The summed E-state index contributed by atoms with van der Waals surface area (Å²) in [6.07, 6.45) is 4.94. The molecule has 0 saturated heterocycles. The summed E-state index contributed by atoms with van der Waals surface area (Å²) < 4.78 is 38.9. The van der Waals surface area contributed by atoms with Crippen LogP contribution < -0.4 is 14.2 Å². The molecule has 3 aromatic rings. The van der Waals surface area contributed by atoms with E-state index in [9.17, 15) is 0 Å². The lowest BCUT2D eigenvalue weighted by molar-refractivity contribution is 0.271. The van der Waals surface area contributed by atoms with Crippen LogP contribution in [0.1, 0.15) is 37.6 Å². The van der Waals surface area contributed by atoms with Crippen molar-refractivity contribution in [2.75, 3.05) is 20.8 Å². The van der Waals surface area contributed by atoms with E-state index in [4.69, 9.17) is 18.6 Å². The molecular formula is C27H35FO4SSi. The van der Waals surface area contributed by atoms with Gasteiger partial charge in [-0.3, -0.25) is 0 Å². The molecule has 0 N–H and O–H groups in total. The van der Waals surface area contributed by atoms with Crippen LogP contribution in [-0.2, 0) is 11.0 Å². The molecule has 0 aliphatic rings. The van der Waals surface area contributed by atoms with Crippen LogP contribution in [0.25, 0.3) is 16.2 Å². The van der Waals surface area contributed by atoms with Crippen molar-refractivity contribution in [3.05, 3.63) is 58.7 Å². The number of hydrogen-bond acceptors (Lipinski definition) is 5. The molecule has 1 aromatic heterocycles. The molecule has 2 aromatic carbocycles. The molecule has 0 radical (unpaired) electrons. The van der Waals surface area contributed by atoms with E-state index < -0.39 is 14.1 Å². The van der Waals surface area contributed by atoms with Crippen LogP contribution in [0, 0.1) is 5.82 Å². The van der Waals surface area contributed by atoms with Crippen molar-refractivity contribution in [3.63, 3.8) is 0 Å². The van der Waals surface area contributed by atoms with Crippen molar-refractivity contribution in [1.82, 2.24) is 0 Å². The van der Waals surface area contributed by atoms with Crippen LogP contribution in [-0.4, -0.2) is 29.1 Å². The Labute approximate surface area is 207 Å². The second-order valence-electron chi connectivity index (χ2n) is 9.72. The third-order valence-corrected chi connectivity index (χ3v) is 11.9. The lowest BCUT2D eigenvalue weighted by Gasteiger charge is -2.36. The number of rotatable bonds is 10. The van der Waals surface area contributed by atoms with Gasteiger partial charge in [-0.15, -0.1) is 11.3 Å². The number of fused-ring (bicyclic) bond motifs is 1. The molecule has 1 heterocycles. The van der Waals surface area contributed by atoms with Gasteiger partial charge in [0.25, 0.3) is 0 Å². The summed E-state index contributed by atoms with van der Waals surface area (Å²) in [5, 5.41) is 0.735. The summed E-state index contributed by atoms with van der Waals surface area (Å²) in [4.78, 5) is 0.982. The van der Waals surface area contributed by atoms with Gasteiger partial charge in [-0.2, -0.15) is 0 Å². The SMILES string of the molecule is COc1ccc(COc2c(OC)cc3sc(C=CCCO[Si](C)(C)C(C)(C)C)cc3c2F)cc1. The van der Waals surface area contributed by atoms with Crippen molar-refractivity contribution < 1.29 is 23.0 Å². The Balaban J connectivity index is 1.70. The van der Waals surface area contributed by atoms with Gasteiger partial charge in [0.2, 0.25) is 0 Å². The first kappa shape index (κ1) is 26.3. The zero-order valence-electron chi connectivity index (χ0n) is 21.2. The Morgan fingerprint density at radius 3 is 2.35 bits per heavy atom. The quantitative estimate of drug-likeness (QED) is 0.207. The summed E-state index contributed by atoms with van der Waals surface area (Å²) in [6, 6.07) is 11.2. The third-order valence-electron chi connectivity index (χ3n) is 6.30. The van der Waals surface area contributed by atoms with E-state index in [1.54, 1.807) is 7.11 Å². The highest BCUT2D eigenvalue weighted by atomic mass is 32.1. The molecule has 3 rings (SSSR count). The van der Waals surface area contributed by atoms with E-state index in [0.29, 0.717) is 17.7 Å². The van der Waals surface area contributed by atoms with Crippen molar-refractivity contribution >= 4 is 35.8 Å². The first-order chi connectivity index (χ1) is 16.1. The van der Waals surface area contributed by atoms with Crippen molar-refractivity contribution in [1.29, 1.82) is 0 Å². The summed E-state index contributed by atoms with van der Waals surface area (Å²) in [6.45, 7) is 12.2. The van der Waals surface area contributed by atoms with Gasteiger partial charge in [-0.25, -0.2) is 4.39 Å². The first-order valence-corrected chi connectivity index (χ1v) is 15.1. The van der Waals surface area contributed by atoms with E-state index in [-0.39, 0.29) is 17.4 Å². The van der Waals surface area contributed by atoms with Crippen LogP contribution in [0.2, 0.25) is 18.1 Å². The Bertz CT molecular complexity index is 1130. The normalized spacial score (nSPS) is 12.5. The molecule has 0 fully saturated rings. The van der Waals surface area contributed by atoms with Gasteiger partial charge in [-0.05, 0) is 54.4 Å². The minimum atomic E-state index is -1.74. The number of ether oxygens (including phenoxy) is 3. The largest absolute Gasteiger partial charge is 0.497 e. The van der Waals surface area contributed by atoms with Gasteiger partial charge in [0.1, 0.15) is 12.4 Å². The predicted octanol–water partition coefficient (Wildman–Crippen LogP) is 8.06. The maximum Gasteiger partial charge on any atom is 0.198 e.